The van der Waals surface area contributed by atoms with Crippen LogP contribution in [0.25, 0.3) is 0 Å². The molecule has 4 rings (SSSR count). The third-order valence-corrected chi connectivity index (χ3v) is 6.62. The summed E-state index contributed by atoms with van der Waals surface area (Å²) in [5, 5.41) is 3.01. The van der Waals surface area contributed by atoms with Crippen LogP contribution in [0.3, 0.4) is 0 Å². The molecule has 0 aliphatic carbocycles. The molecular weight excluding hydrogens is 520 g/mol. The molecule has 3 aromatic carbocycles. The van der Waals surface area contributed by atoms with Gasteiger partial charge in [0.25, 0.3) is 0 Å². The lowest BCUT2D eigenvalue weighted by atomic mass is 10.0. The van der Waals surface area contributed by atoms with Crippen molar-refractivity contribution in [3.8, 4) is 11.5 Å². The normalized spacial score (nSPS) is 12.7. The summed E-state index contributed by atoms with van der Waals surface area (Å²) in [5.74, 6) is 1.22. The highest BCUT2D eigenvalue weighted by molar-refractivity contribution is 9.10. The van der Waals surface area contributed by atoms with Gasteiger partial charge in [-0.05, 0) is 53.8 Å². The Morgan fingerprint density at radius 1 is 0.944 bits per heavy atom. The summed E-state index contributed by atoms with van der Waals surface area (Å²) in [7, 11) is 0. The largest absolute Gasteiger partial charge is 0.454 e. The number of benzene rings is 3. The van der Waals surface area contributed by atoms with E-state index in [0.717, 1.165) is 33.3 Å². The van der Waals surface area contributed by atoms with Crippen LogP contribution in [0.1, 0.15) is 36.5 Å². The molecule has 188 valence electrons. The fourth-order valence-electron chi connectivity index (χ4n) is 4.24. The van der Waals surface area contributed by atoms with Crippen LogP contribution in [0.2, 0.25) is 0 Å². The van der Waals surface area contributed by atoms with Crippen LogP contribution in [-0.2, 0) is 29.0 Å². The third-order valence-electron chi connectivity index (χ3n) is 6.13. The van der Waals surface area contributed by atoms with Crippen molar-refractivity contribution in [1.82, 2.24) is 10.2 Å². The van der Waals surface area contributed by atoms with E-state index in [1.165, 1.54) is 0 Å². The van der Waals surface area contributed by atoms with Crippen molar-refractivity contribution < 1.29 is 19.1 Å². The Morgan fingerprint density at radius 3 is 2.50 bits per heavy atom. The van der Waals surface area contributed by atoms with Crippen molar-refractivity contribution in [2.75, 3.05) is 13.3 Å². The van der Waals surface area contributed by atoms with Gasteiger partial charge in [0.15, 0.2) is 11.5 Å². The van der Waals surface area contributed by atoms with Gasteiger partial charge in [-0.1, -0.05) is 71.4 Å². The van der Waals surface area contributed by atoms with E-state index >= 15 is 0 Å². The first-order valence-corrected chi connectivity index (χ1v) is 13.1. The topological polar surface area (TPSA) is 67.9 Å². The number of hydrogen-bond donors (Lipinski definition) is 1. The second-order valence-corrected chi connectivity index (χ2v) is 9.75. The Labute approximate surface area is 220 Å². The number of hydrogen-bond acceptors (Lipinski definition) is 4. The van der Waals surface area contributed by atoms with Crippen molar-refractivity contribution >= 4 is 27.7 Å². The number of rotatable bonds is 11. The highest BCUT2D eigenvalue weighted by Gasteiger charge is 2.30. The number of nitrogens with one attached hydrogen (secondary N) is 1. The fraction of sp³-hybridized carbons (Fsp3) is 0.310. The lowest BCUT2D eigenvalue weighted by molar-refractivity contribution is -0.141. The van der Waals surface area contributed by atoms with Gasteiger partial charge in [0.1, 0.15) is 6.04 Å². The molecule has 0 fully saturated rings. The summed E-state index contributed by atoms with van der Waals surface area (Å²) in [6, 6.07) is 22.8. The first kappa shape index (κ1) is 25.8. The van der Waals surface area contributed by atoms with Gasteiger partial charge in [-0.3, -0.25) is 9.59 Å². The van der Waals surface area contributed by atoms with Gasteiger partial charge in [0, 0.05) is 30.4 Å². The summed E-state index contributed by atoms with van der Waals surface area (Å²) >= 11 is 3.52. The van der Waals surface area contributed by atoms with E-state index < -0.39 is 6.04 Å². The number of fused-ring (bicyclic) bond motifs is 1. The smallest absolute Gasteiger partial charge is 0.243 e. The summed E-state index contributed by atoms with van der Waals surface area (Å²) < 4.78 is 11.8. The van der Waals surface area contributed by atoms with Crippen LogP contribution in [0, 0.1) is 0 Å². The molecule has 0 bridgehead atoms. The SMILES string of the molecule is CCCNC(=O)[C@H](Cc1ccccc1)N(Cc1cccc(Br)c1)C(=O)CCc1ccc2c(c1)OCO2. The molecule has 6 nitrogen and oxygen atoms in total. The maximum absolute atomic E-state index is 13.7. The van der Waals surface area contributed by atoms with E-state index in [-0.39, 0.29) is 25.0 Å². The minimum absolute atomic E-state index is 0.0692. The average Bonchev–Trinajstić information content (AvgIpc) is 3.36. The number of nitrogens with zero attached hydrogens (tertiary/aromatic N) is 1. The zero-order valence-corrected chi connectivity index (χ0v) is 22.0. The first-order valence-electron chi connectivity index (χ1n) is 12.3. The molecule has 7 heteroatoms. The predicted molar refractivity (Wildman–Crippen MR) is 143 cm³/mol. The van der Waals surface area contributed by atoms with Crippen molar-refractivity contribution in [3.05, 3.63) is 94.0 Å². The predicted octanol–water partition coefficient (Wildman–Crippen LogP) is 5.28. The van der Waals surface area contributed by atoms with Crippen LogP contribution in [0.5, 0.6) is 11.5 Å². The molecule has 1 heterocycles. The van der Waals surface area contributed by atoms with Gasteiger partial charge in [-0.15, -0.1) is 0 Å². The zero-order chi connectivity index (χ0) is 25.3. The molecule has 0 aromatic heterocycles. The molecule has 0 saturated carbocycles. The summed E-state index contributed by atoms with van der Waals surface area (Å²) in [6.45, 7) is 3.14. The number of aryl methyl sites for hydroxylation is 1. The lowest BCUT2D eigenvalue weighted by Crippen LogP contribution is -2.50. The second kappa shape index (κ2) is 12.6. The van der Waals surface area contributed by atoms with E-state index in [0.29, 0.717) is 31.7 Å². The molecule has 1 aliphatic heterocycles. The standard InChI is InChI=1S/C29H31BrN2O4/c1-2-15-31-29(34)25(17-21-7-4-3-5-8-21)32(19-23-9-6-10-24(30)16-23)28(33)14-12-22-11-13-26-27(18-22)36-20-35-26/h3-11,13,16,18,25H,2,12,14-15,17,19-20H2,1H3,(H,31,34)/t25-/m0/s1. The van der Waals surface area contributed by atoms with Gasteiger partial charge in [0.05, 0.1) is 0 Å². The van der Waals surface area contributed by atoms with E-state index in [2.05, 4.69) is 21.2 Å². The number of ether oxygens (including phenoxy) is 2. The van der Waals surface area contributed by atoms with Crippen LogP contribution >= 0.6 is 15.9 Å². The molecule has 3 aromatic rings. The van der Waals surface area contributed by atoms with Gasteiger partial charge in [-0.25, -0.2) is 0 Å². The molecular formula is C29H31BrN2O4. The summed E-state index contributed by atoms with van der Waals surface area (Å²) in [6.07, 6.45) is 2.09. The second-order valence-electron chi connectivity index (χ2n) is 8.84. The van der Waals surface area contributed by atoms with E-state index in [1.807, 2.05) is 79.7 Å². The molecule has 0 saturated heterocycles. The minimum Gasteiger partial charge on any atom is -0.454 e. The van der Waals surface area contributed by atoms with E-state index in [4.69, 9.17) is 9.47 Å². The van der Waals surface area contributed by atoms with E-state index in [9.17, 15) is 9.59 Å². The maximum atomic E-state index is 13.7. The van der Waals surface area contributed by atoms with Crippen LogP contribution in [-0.4, -0.2) is 36.1 Å². The zero-order valence-electron chi connectivity index (χ0n) is 20.4. The Morgan fingerprint density at radius 2 is 1.72 bits per heavy atom. The molecule has 0 unspecified atom stereocenters. The van der Waals surface area contributed by atoms with Crippen LogP contribution in [0.15, 0.2) is 77.3 Å². The Bertz CT molecular complexity index is 1180. The maximum Gasteiger partial charge on any atom is 0.243 e. The van der Waals surface area contributed by atoms with Gasteiger partial charge in [-0.2, -0.15) is 0 Å². The van der Waals surface area contributed by atoms with Crippen LogP contribution < -0.4 is 14.8 Å². The first-order chi connectivity index (χ1) is 17.5. The highest BCUT2D eigenvalue weighted by Crippen LogP contribution is 2.33. The van der Waals surface area contributed by atoms with Crippen LogP contribution in [0.4, 0.5) is 0 Å². The van der Waals surface area contributed by atoms with Crippen molar-refractivity contribution in [3.63, 3.8) is 0 Å². The van der Waals surface area contributed by atoms with Crippen molar-refractivity contribution in [2.24, 2.45) is 0 Å². The molecule has 1 N–H and O–H groups in total. The Hall–Kier alpha value is -3.32. The monoisotopic (exact) mass is 550 g/mol. The van der Waals surface area contributed by atoms with Gasteiger partial charge >= 0.3 is 0 Å². The van der Waals surface area contributed by atoms with Gasteiger partial charge < -0.3 is 19.7 Å². The highest BCUT2D eigenvalue weighted by atomic mass is 79.9. The number of amides is 2. The summed E-state index contributed by atoms with van der Waals surface area (Å²) in [5.41, 5.74) is 2.96. The Kier molecular flexibility index (Phi) is 9.01. The number of carbonyl (C=O) groups is 2. The lowest BCUT2D eigenvalue weighted by Gasteiger charge is -2.31. The van der Waals surface area contributed by atoms with Crippen molar-refractivity contribution in [2.45, 2.75) is 45.2 Å². The molecule has 1 atom stereocenters. The number of halogens is 1. The molecule has 0 spiro atoms. The van der Waals surface area contributed by atoms with E-state index in [1.54, 1.807) is 4.90 Å². The van der Waals surface area contributed by atoms with Gasteiger partial charge in [0.2, 0.25) is 18.6 Å². The Balaban J connectivity index is 1.58. The minimum atomic E-state index is -0.623. The average molecular weight is 551 g/mol. The third kappa shape index (κ3) is 6.88. The molecule has 1 aliphatic rings. The molecule has 0 radical (unpaired) electrons. The quantitative estimate of drug-likeness (QED) is 0.353. The number of carbonyl (C=O) groups excluding carboxylic acids is 2. The van der Waals surface area contributed by atoms with Crippen molar-refractivity contribution in [1.29, 1.82) is 0 Å². The molecule has 2 amide bonds. The summed E-state index contributed by atoms with van der Waals surface area (Å²) in [4.78, 5) is 28.8. The molecule has 36 heavy (non-hydrogen) atoms. The fourth-order valence-corrected chi connectivity index (χ4v) is 4.69.